The van der Waals surface area contributed by atoms with Gasteiger partial charge in [-0.3, -0.25) is 4.99 Å². The van der Waals surface area contributed by atoms with Crippen LogP contribution in [0.25, 0.3) is 0 Å². The van der Waals surface area contributed by atoms with Crippen LogP contribution in [0, 0.1) is 0 Å². The zero-order chi connectivity index (χ0) is 7.82. The quantitative estimate of drug-likeness (QED) is 0.417. The van der Waals surface area contributed by atoms with E-state index in [1.54, 1.807) is 7.05 Å². The fourth-order valence-corrected chi connectivity index (χ4v) is 0.649. The first-order valence-electron chi connectivity index (χ1n) is 3.60. The maximum Gasteiger partial charge on any atom is 0.0277 e. The predicted octanol–water partition coefficient (Wildman–Crippen LogP) is 2.60. The van der Waals surface area contributed by atoms with Crippen LogP contribution in [0.15, 0.2) is 29.3 Å². The van der Waals surface area contributed by atoms with Crippen molar-refractivity contribution in [3.05, 3.63) is 24.3 Å². The second-order valence-electron chi connectivity index (χ2n) is 2.08. The zero-order valence-corrected chi connectivity index (χ0v) is 6.80. The number of hydrogen-bond donors (Lipinski definition) is 0. The van der Waals surface area contributed by atoms with E-state index in [1.807, 2.05) is 12.3 Å². The minimum Gasteiger partial charge on any atom is -0.296 e. The van der Waals surface area contributed by atoms with E-state index in [1.165, 1.54) is 6.42 Å². The molecule has 1 heteroatoms. The van der Waals surface area contributed by atoms with Crippen molar-refractivity contribution in [2.75, 3.05) is 7.05 Å². The van der Waals surface area contributed by atoms with Crippen molar-refractivity contribution >= 4 is 6.21 Å². The van der Waals surface area contributed by atoms with Crippen molar-refractivity contribution in [3.63, 3.8) is 0 Å². The number of rotatable bonds is 4. The Kier molecular flexibility index (Phi) is 5.74. The summed E-state index contributed by atoms with van der Waals surface area (Å²) >= 11 is 0. The number of nitrogens with zero attached hydrogens (tertiary/aromatic N) is 1. The summed E-state index contributed by atoms with van der Waals surface area (Å²) in [7, 11) is 1.77. The van der Waals surface area contributed by atoms with Crippen LogP contribution in [0.5, 0.6) is 0 Å². The van der Waals surface area contributed by atoms with Gasteiger partial charge in [0.15, 0.2) is 0 Å². The molecule has 0 spiro atoms. The molecule has 0 rings (SSSR count). The van der Waals surface area contributed by atoms with Crippen LogP contribution in [0.3, 0.4) is 0 Å². The highest BCUT2D eigenvalue weighted by Crippen LogP contribution is 1.96. The molecule has 56 valence electrons. The molecule has 10 heavy (non-hydrogen) atoms. The molecule has 0 aliphatic carbocycles. The highest BCUT2D eigenvalue weighted by Gasteiger charge is 1.82. The number of allylic oxidation sites excluding steroid dienone is 3. The third kappa shape index (κ3) is 4.07. The van der Waals surface area contributed by atoms with Crippen molar-refractivity contribution in [1.82, 2.24) is 0 Å². The average Bonchev–Trinajstić information content (AvgIpc) is 1.98. The molecule has 0 amide bonds. The summed E-state index contributed by atoms with van der Waals surface area (Å²) in [4.78, 5) is 3.90. The van der Waals surface area contributed by atoms with Gasteiger partial charge in [0.1, 0.15) is 0 Å². The maximum absolute atomic E-state index is 3.90. The molecule has 0 unspecified atom stereocenters. The fraction of sp³-hybridized carbons (Fsp3) is 0.444. The highest BCUT2D eigenvalue weighted by atomic mass is 14.6. The lowest BCUT2D eigenvalue weighted by Crippen LogP contribution is -1.78. The van der Waals surface area contributed by atoms with Gasteiger partial charge in [-0.2, -0.15) is 0 Å². The Bertz CT molecular complexity index is 143. The lowest BCUT2D eigenvalue weighted by molar-refractivity contribution is 0.956. The second-order valence-corrected chi connectivity index (χ2v) is 2.08. The largest absolute Gasteiger partial charge is 0.296 e. The molecule has 0 atom stereocenters. The monoisotopic (exact) mass is 137 g/mol. The van der Waals surface area contributed by atoms with Crippen LogP contribution in [0.1, 0.15) is 19.8 Å². The van der Waals surface area contributed by atoms with E-state index in [0.29, 0.717) is 0 Å². The third-order valence-corrected chi connectivity index (χ3v) is 1.18. The second kappa shape index (κ2) is 6.27. The van der Waals surface area contributed by atoms with Crippen LogP contribution in [0.4, 0.5) is 0 Å². The van der Waals surface area contributed by atoms with Crippen LogP contribution in [-0.2, 0) is 0 Å². The van der Waals surface area contributed by atoms with Crippen molar-refractivity contribution in [3.8, 4) is 0 Å². The zero-order valence-electron chi connectivity index (χ0n) is 6.80. The summed E-state index contributed by atoms with van der Waals surface area (Å²) in [5.41, 5.74) is 1.12. The van der Waals surface area contributed by atoms with E-state index in [4.69, 9.17) is 0 Å². The minimum atomic E-state index is 1.10. The lowest BCUT2D eigenvalue weighted by Gasteiger charge is -1.89. The molecule has 0 saturated heterocycles. The Morgan fingerprint density at radius 3 is 2.70 bits per heavy atom. The molecule has 0 saturated carbocycles. The van der Waals surface area contributed by atoms with E-state index < -0.39 is 0 Å². The van der Waals surface area contributed by atoms with Crippen molar-refractivity contribution in [1.29, 1.82) is 0 Å². The molecule has 0 bridgehead atoms. The van der Waals surface area contributed by atoms with Gasteiger partial charge >= 0.3 is 0 Å². The lowest BCUT2D eigenvalue weighted by atomic mass is 10.2. The average molecular weight is 137 g/mol. The van der Waals surface area contributed by atoms with E-state index in [0.717, 1.165) is 12.0 Å². The summed E-state index contributed by atoms with van der Waals surface area (Å²) in [6, 6.07) is 0. The summed E-state index contributed by atoms with van der Waals surface area (Å²) in [5, 5.41) is 0. The number of hydrogen-bond acceptors (Lipinski definition) is 1. The van der Waals surface area contributed by atoms with E-state index in [2.05, 4.69) is 24.6 Å². The molecule has 0 aromatic heterocycles. The Morgan fingerprint density at radius 2 is 2.30 bits per heavy atom. The van der Waals surface area contributed by atoms with Gasteiger partial charge in [-0.1, -0.05) is 32.1 Å². The van der Waals surface area contributed by atoms with Crippen molar-refractivity contribution < 1.29 is 0 Å². The Balaban J connectivity index is 3.90. The topological polar surface area (TPSA) is 12.4 Å². The summed E-state index contributed by atoms with van der Waals surface area (Å²) in [6.07, 6.45) is 8.06. The predicted molar refractivity (Wildman–Crippen MR) is 47.6 cm³/mol. The van der Waals surface area contributed by atoms with Gasteiger partial charge in [-0.15, -0.1) is 0 Å². The fourth-order valence-electron chi connectivity index (χ4n) is 0.649. The molecule has 1 nitrogen and oxygen atoms in total. The highest BCUT2D eigenvalue weighted by molar-refractivity contribution is 5.81. The smallest absolute Gasteiger partial charge is 0.0277 e. The first kappa shape index (κ1) is 9.15. The molecule has 0 fully saturated rings. The third-order valence-electron chi connectivity index (χ3n) is 1.18. The van der Waals surface area contributed by atoms with Gasteiger partial charge in [0.25, 0.3) is 0 Å². The van der Waals surface area contributed by atoms with Crippen LogP contribution < -0.4 is 0 Å². The maximum atomic E-state index is 3.90. The van der Waals surface area contributed by atoms with Gasteiger partial charge in [0.2, 0.25) is 0 Å². The summed E-state index contributed by atoms with van der Waals surface area (Å²) in [5.74, 6) is 0. The molecule has 0 aromatic rings. The molecule has 0 N–H and O–H groups in total. The minimum absolute atomic E-state index is 1.10. The molecule has 0 aromatic carbocycles. The SMILES string of the molecule is C=C/C(C=NC)=C\CCC. The van der Waals surface area contributed by atoms with E-state index >= 15 is 0 Å². The van der Waals surface area contributed by atoms with E-state index in [-0.39, 0.29) is 0 Å². The Hall–Kier alpha value is -0.850. The van der Waals surface area contributed by atoms with Crippen molar-refractivity contribution in [2.24, 2.45) is 4.99 Å². The van der Waals surface area contributed by atoms with Crippen LogP contribution >= 0.6 is 0 Å². The van der Waals surface area contributed by atoms with Gasteiger partial charge < -0.3 is 0 Å². The first-order valence-corrected chi connectivity index (χ1v) is 3.60. The number of aliphatic imine (C=N–C) groups is 1. The molecular formula is C9H15N. The summed E-state index contributed by atoms with van der Waals surface area (Å²) in [6.45, 7) is 5.83. The Labute approximate surface area is 63.2 Å². The molecular weight excluding hydrogens is 122 g/mol. The van der Waals surface area contributed by atoms with Gasteiger partial charge in [0.05, 0.1) is 0 Å². The molecule has 0 radical (unpaired) electrons. The first-order chi connectivity index (χ1) is 4.85. The molecule has 0 aliphatic heterocycles. The van der Waals surface area contributed by atoms with Gasteiger partial charge in [-0.25, -0.2) is 0 Å². The van der Waals surface area contributed by atoms with E-state index in [9.17, 15) is 0 Å². The van der Waals surface area contributed by atoms with Crippen molar-refractivity contribution in [2.45, 2.75) is 19.8 Å². The molecule has 0 aliphatic rings. The molecule has 0 heterocycles. The van der Waals surface area contributed by atoms with Crippen LogP contribution in [-0.4, -0.2) is 13.3 Å². The van der Waals surface area contributed by atoms with Gasteiger partial charge in [0, 0.05) is 13.3 Å². The normalized spacial score (nSPS) is 12.4. The Morgan fingerprint density at radius 1 is 1.60 bits per heavy atom. The van der Waals surface area contributed by atoms with Gasteiger partial charge in [-0.05, 0) is 12.0 Å². The van der Waals surface area contributed by atoms with Crippen LogP contribution in [0.2, 0.25) is 0 Å². The standard InChI is InChI=1S/C9H15N/c1-4-6-7-9(5-2)8-10-3/h5,7-8H,2,4,6H2,1,3H3/b9-7+,10-8?. The number of unbranched alkanes of at least 4 members (excludes halogenated alkanes) is 1. The summed E-state index contributed by atoms with van der Waals surface area (Å²) < 4.78 is 0.